The number of ketones is 1. The van der Waals surface area contributed by atoms with Gasteiger partial charge in [-0.1, -0.05) is 6.07 Å². The summed E-state index contributed by atoms with van der Waals surface area (Å²) in [4.78, 5) is 23.0. The highest BCUT2D eigenvalue weighted by Gasteiger charge is 2.32. The van der Waals surface area contributed by atoms with Crippen LogP contribution in [0.15, 0.2) is 48.9 Å². The Morgan fingerprint density at radius 1 is 1.07 bits per heavy atom. The Morgan fingerprint density at radius 3 is 2.56 bits per heavy atom. The fourth-order valence-corrected chi connectivity index (χ4v) is 2.52. The number of aryl methyl sites for hydroxylation is 1. The lowest BCUT2D eigenvalue weighted by molar-refractivity contribution is -0.141. The molecule has 3 aromatic rings. The predicted molar refractivity (Wildman–Crippen MR) is 94.7 cm³/mol. The summed E-state index contributed by atoms with van der Waals surface area (Å²) in [7, 11) is 0. The fraction of sp³-hybridized carbons (Fsp3) is 0.158. The number of rotatable bonds is 4. The van der Waals surface area contributed by atoms with E-state index in [2.05, 4.69) is 20.3 Å². The molecule has 3 rings (SSSR count). The van der Waals surface area contributed by atoms with E-state index in [4.69, 9.17) is 0 Å². The van der Waals surface area contributed by atoms with Crippen LogP contribution in [-0.2, 0) is 6.18 Å². The van der Waals surface area contributed by atoms with E-state index in [1.807, 2.05) is 13.0 Å². The summed E-state index contributed by atoms with van der Waals surface area (Å²) in [5, 5.41) is 2.80. The van der Waals surface area contributed by atoms with E-state index >= 15 is 0 Å². The molecule has 0 saturated heterocycles. The van der Waals surface area contributed by atoms with E-state index in [0.717, 1.165) is 29.0 Å². The van der Waals surface area contributed by atoms with Crippen molar-refractivity contribution < 1.29 is 18.0 Å². The normalized spacial score (nSPS) is 11.3. The number of alkyl halides is 3. The number of halogens is 3. The second-order valence-corrected chi connectivity index (χ2v) is 5.99. The number of pyridine rings is 1. The first-order valence-electron chi connectivity index (χ1n) is 7.98. The molecule has 0 spiro atoms. The van der Waals surface area contributed by atoms with Crippen molar-refractivity contribution in [3.63, 3.8) is 0 Å². The third-order valence-electron chi connectivity index (χ3n) is 3.76. The summed E-state index contributed by atoms with van der Waals surface area (Å²) in [6.07, 6.45) is -0.395. The van der Waals surface area contributed by atoms with Crippen LogP contribution in [0.1, 0.15) is 28.5 Å². The maximum atomic E-state index is 12.8. The average Bonchev–Trinajstić information content (AvgIpc) is 2.61. The number of aromatic nitrogens is 3. The van der Waals surface area contributed by atoms with E-state index in [1.165, 1.54) is 13.1 Å². The SMILES string of the molecule is CC(=O)c1cncc(-c2cc(C)cc(Nc3nccc(C(F)(F)F)n3)c2)c1. The third kappa shape index (κ3) is 4.46. The molecule has 0 bridgehead atoms. The van der Waals surface area contributed by atoms with Crippen molar-refractivity contribution in [2.75, 3.05) is 5.32 Å². The van der Waals surface area contributed by atoms with Gasteiger partial charge in [-0.3, -0.25) is 9.78 Å². The quantitative estimate of drug-likeness (QED) is 0.666. The van der Waals surface area contributed by atoms with Gasteiger partial charge in [-0.25, -0.2) is 9.97 Å². The van der Waals surface area contributed by atoms with Crippen molar-refractivity contribution >= 4 is 17.4 Å². The molecule has 0 saturated carbocycles. The smallest absolute Gasteiger partial charge is 0.324 e. The van der Waals surface area contributed by atoms with Gasteiger partial charge in [0.25, 0.3) is 0 Å². The van der Waals surface area contributed by atoms with Gasteiger partial charge in [0, 0.05) is 35.4 Å². The molecule has 0 amide bonds. The van der Waals surface area contributed by atoms with E-state index in [-0.39, 0.29) is 11.7 Å². The summed E-state index contributed by atoms with van der Waals surface area (Å²) in [5.41, 5.74) is 2.34. The highest BCUT2D eigenvalue weighted by molar-refractivity contribution is 5.95. The minimum absolute atomic E-state index is 0.104. The van der Waals surface area contributed by atoms with Gasteiger partial charge in [-0.15, -0.1) is 0 Å². The molecule has 1 aromatic carbocycles. The molecule has 0 aliphatic rings. The van der Waals surface area contributed by atoms with Gasteiger partial charge in [0.1, 0.15) is 5.69 Å². The zero-order valence-corrected chi connectivity index (χ0v) is 14.5. The topological polar surface area (TPSA) is 67.8 Å². The van der Waals surface area contributed by atoms with Gasteiger partial charge in [-0.2, -0.15) is 13.2 Å². The molecule has 0 aliphatic carbocycles. The first-order valence-corrected chi connectivity index (χ1v) is 7.98. The Bertz CT molecular complexity index is 1000. The maximum Gasteiger partial charge on any atom is 0.433 e. The number of carbonyl (C=O) groups excluding carboxylic acids is 1. The van der Waals surface area contributed by atoms with E-state index < -0.39 is 11.9 Å². The molecule has 1 N–H and O–H groups in total. The van der Waals surface area contributed by atoms with Gasteiger partial charge in [-0.05, 0) is 49.2 Å². The number of hydrogen-bond acceptors (Lipinski definition) is 5. The highest BCUT2D eigenvalue weighted by atomic mass is 19.4. The van der Waals surface area contributed by atoms with Crippen molar-refractivity contribution in [1.29, 1.82) is 0 Å². The third-order valence-corrected chi connectivity index (χ3v) is 3.76. The second kappa shape index (κ2) is 7.14. The van der Waals surface area contributed by atoms with Gasteiger partial charge >= 0.3 is 6.18 Å². The van der Waals surface area contributed by atoms with Crippen molar-refractivity contribution in [2.24, 2.45) is 0 Å². The number of nitrogens with one attached hydrogen (secondary N) is 1. The van der Waals surface area contributed by atoms with Crippen LogP contribution in [0.3, 0.4) is 0 Å². The van der Waals surface area contributed by atoms with E-state index in [9.17, 15) is 18.0 Å². The molecule has 0 atom stereocenters. The second-order valence-electron chi connectivity index (χ2n) is 5.99. The predicted octanol–water partition coefficient (Wildman–Crippen LogP) is 4.81. The lowest BCUT2D eigenvalue weighted by Crippen LogP contribution is -2.10. The number of hydrogen-bond donors (Lipinski definition) is 1. The Balaban J connectivity index is 1.95. The van der Waals surface area contributed by atoms with Crippen molar-refractivity contribution in [3.8, 4) is 11.1 Å². The fourth-order valence-electron chi connectivity index (χ4n) is 2.52. The van der Waals surface area contributed by atoms with Crippen LogP contribution in [0.2, 0.25) is 0 Å². The summed E-state index contributed by atoms with van der Waals surface area (Å²) in [5.74, 6) is -0.260. The Hall–Kier alpha value is -3.29. The first-order chi connectivity index (χ1) is 12.7. The van der Waals surface area contributed by atoms with Crippen molar-refractivity contribution in [2.45, 2.75) is 20.0 Å². The van der Waals surface area contributed by atoms with E-state index in [1.54, 1.807) is 24.4 Å². The minimum Gasteiger partial charge on any atom is -0.324 e. The van der Waals surface area contributed by atoms with Crippen molar-refractivity contribution in [3.05, 3.63) is 65.7 Å². The van der Waals surface area contributed by atoms with Crippen LogP contribution in [0.5, 0.6) is 0 Å². The number of nitrogens with zero attached hydrogens (tertiary/aromatic N) is 3. The first kappa shape index (κ1) is 18.5. The average molecular weight is 372 g/mol. The number of Topliss-reactive ketones (excluding diaryl/α,β-unsaturated/α-hetero) is 1. The molecule has 0 radical (unpaired) electrons. The molecule has 138 valence electrons. The standard InChI is InChI=1S/C19H15F3N4O/c1-11-5-13(15-7-14(12(2)27)9-23-10-15)8-16(6-11)25-18-24-4-3-17(26-18)19(20,21)22/h3-10H,1-2H3,(H,24,25,26). The monoisotopic (exact) mass is 372 g/mol. The van der Waals surface area contributed by atoms with Crippen LogP contribution in [0.25, 0.3) is 11.1 Å². The van der Waals surface area contributed by atoms with Crippen molar-refractivity contribution in [1.82, 2.24) is 15.0 Å². The van der Waals surface area contributed by atoms with Gasteiger partial charge in [0.15, 0.2) is 5.78 Å². The Morgan fingerprint density at radius 2 is 1.85 bits per heavy atom. The number of carbonyl (C=O) groups is 1. The summed E-state index contributed by atoms with van der Waals surface area (Å²) in [6, 6.07) is 7.91. The molecular formula is C19H15F3N4O. The molecule has 0 unspecified atom stereocenters. The molecule has 27 heavy (non-hydrogen) atoms. The molecule has 0 fully saturated rings. The molecule has 0 aliphatic heterocycles. The van der Waals surface area contributed by atoms with Crippen LogP contribution in [0.4, 0.5) is 24.8 Å². The molecule has 2 heterocycles. The number of anilines is 2. The van der Waals surface area contributed by atoms with Gasteiger partial charge in [0.2, 0.25) is 5.95 Å². The Kier molecular flexibility index (Phi) is 4.89. The summed E-state index contributed by atoms with van der Waals surface area (Å²) in [6.45, 7) is 3.30. The van der Waals surface area contributed by atoms with Gasteiger partial charge in [0.05, 0.1) is 0 Å². The molecule has 8 heteroatoms. The van der Waals surface area contributed by atoms with Crippen LogP contribution in [-0.4, -0.2) is 20.7 Å². The Labute approximate surface area is 153 Å². The van der Waals surface area contributed by atoms with Crippen LogP contribution in [0, 0.1) is 6.92 Å². The summed E-state index contributed by atoms with van der Waals surface area (Å²) >= 11 is 0. The van der Waals surface area contributed by atoms with Crippen LogP contribution < -0.4 is 5.32 Å². The molecule has 2 aromatic heterocycles. The maximum absolute atomic E-state index is 12.8. The lowest BCUT2D eigenvalue weighted by atomic mass is 10.0. The van der Waals surface area contributed by atoms with Gasteiger partial charge < -0.3 is 5.32 Å². The van der Waals surface area contributed by atoms with Crippen LogP contribution >= 0.6 is 0 Å². The number of benzene rings is 1. The summed E-state index contributed by atoms with van der Waals surface area (Å²) < 4.78 is 38.4. The zero-order chi connectivity index (χ0) is 19.6. The highest BCUT2D eigenvalue weighted by Crippen LogP contribution is 2.29. The minimum atomic E-state index is -4.55. The molecule has 5 nitrogen and oxygen atoms in total. The lowest BCUT2D eigenvalue weighted by Gasteiger charge is -2.11. The van der Waals surface area contributed by atoms with E-state index in [0.29, 0.717) is 11.3 Å². The zero-order valence-electron chi connectivity index (χ0n) is 14.5. The largest absolute Gasteiger partial charge is 0.433 e. The molecular weight excluding hydrogens is 357 g/mol.